The second-order valence-electron chi connectivity index (χ2n) is 5.05. The van der Waals surface area contributed by atoms with Crippen LogP contribution < -0.4 is 0 Å². The van der Waals surface area contributed by atoms with Crippen molar-refractivity contribution in [3.8, 4) is 0 Å². The first kappa shape index (κ1) is 13.9. The Balaban J connectivity index is 3.85. The lowest BCUT2D eigenvalue weighted by atomic mass is 9.92. The molecule has 0 rings (SSSR count). The summed E-state index contributed by atoms with van der Waals surface area (Å²) in [4.78, 5) is 2.17. The van der Waals surface area contributed by atoms with Crippen LogP contribution in [-0.4, -0.2) is 48.5 Å². The second kappa shape index (κ2) is 6.38. The lowest BCUT2D eigenvalue weighted by Gasteiger charge is -2.30. The number of aliphatic hydroxyl groups excluding tert-OH is 2. The Hall–Kier alpha value is -0.120. The smallest absolute Gasteiger partial charge is 0.0519 e. The van der Waals surface area contributed by atoms with Gasteiger partial charge in [-0.15, -0.1) is 0 Å². The van der Waals surface area contributed by atoms with E-state index in [1.54, 1.807) is 0 Å². The highest BCUT2D eigenvalue weighted by Crippen LogP contribution is 2.15. The number of aliphatic hydroxyl groups is 2. The SMILES string of the molecule is CC(C)CCN(C)CC(C)(CO)CO. The fourth-order valence-electron chi connectivity index (χ4n) is 1.36. The minimum absolute atomic E-state index is 0.0372. The molecule has 0 heterocycles. The maximum absolute atomic E-state index is 9.12. The zero-order valence-corrected chi connectivity index (χ0v) is 9.95. The fourth-order valence-corrected chi connectivity index (χ4v) is 1.36. The first-order valence-corrected chi connectivity index (χ1v) is 5.34. The zero-order valence-electron chi connectivity index (χ0n) is 9.95. The molecule has 0 spiro atoms. The number of hydrogen-bond donors (Lipinski definition) is 2. The molecule has 0 saturated heterocycles. The summed E-state index contributed by atoms with van der Waals surface area (Å²) in [6.07, 6.45) is 1.16. The maximum atomic E-state index is 9.12. The Morgan fingerprint density at radius 2 is 1.71 bits per heavy atom. The summed E-state index contributed by atoms with van der Waals surface area (Å²) >= 11 is 0. The van der Waals surface area contributed by atoms with Crippen LogP contribution in [0.1, 0.15) is 27.2 Å². The van der Waals surface area contributed by atoms with E-state index in [0.717, 1.165) is 19.5 Å². The third-order valence-electron chi connectivity index (χ3n) is 2.50. The molecule has 2 N–H and O–H groups in total. The number of nitrogens with zero attached hydrogens (tertiary/aromatic N) is 1. The van der Waals surface area contributed by atoms with Gasteiger partial charge in [-0.2, -0.15) is 0 Å². The molecule has 3 nitrogen and oxygen atoms in total. The molecule has 0 atom stereocenters. The zero-order chi connectivity index (χ0) is 11.2. The first-order valence-electron chi connectivity index (χ1n) is 5.34. The van der Waals surface area contributed by atoms with Gasteiger partial charge in [0.15, 0.2) is 0 Å². The van der Waals surface area contributed by atoms with Gasteiger partial charge in [0.25, 0.3) is 0 Å². The van der Waals surface area contributed by atoms with E-state index in [1.165, 1.54) is 0 Å². The van der Waals surface area contributed by atoms with Crippen LogP contribution in [0.2, 0.25) is 0 Å². The molecule has 0 unspecified atom stereocenters. The molecule has 86 valence electrons. The maximum Gasteiger partial charge on any atom is 0.0519 e. The average Bonchev–Trinajstić information content (AvgIpc) is 2.14. The van der Waals surface area contributed by atoms with E-state index in [2.05, 4.69) is 18.7 Å². The quantitative estimate of drug-likeness (QED) is 0.647. The molecule has 0 aromatic carbocycles. The van der Waals surface area contributed by atoms with Crippen molar-refractivity contribution in [1.82, 2.24) is 4.90 Å². The summed E-state index contributed by atoms with van der Waals surface area (Å²) in [7, 11) is 2.03. The van der Waals surface area contributed by atoms with E-state index in [0.29, 0.717) is 5.92 Å². The summed E-state index contributed by atoms with van der Waals surface area (Å²) < 4.78 is 0. The van der Waals surface area contributed by atoms with Crippen LogP contribution in [0.5, 0.6) is 0 Å². The van der Waals surface area contributed by atoms with Crippen molar-refractivity contribution >= 4 is 0 Å². The van der Waals surface area contributed by atoms with Crippen LogP contribution >= 0.6 is 0 Å². The molecule has 3 heteroatoms. The minimum atomic E-state index is -0.369. The largest absolute Gasteiger partial charge is 0.396 e. The number of rotatable bonds is 7. The van der Waals surface area contributed by atoms with Gasteiger partial charge in [0.1, 0.15) is 0 Å². The third kappa shape index (κ3) is 5.58. The van der Waals surface area contributed by atoms with E-state index in [-0.39, 0.29) is 18.6 Å². The van der Waals surface area contributed by atoms with Crippen molar-refractivity contribution in [2.45, 2.75) is 27.2 Å². The minimum Gasteiger partial charge on any atom is -0.396 e. The molecule has 0 aromatic heterocycles. The summed E-state index contributed by atoms with van der Waals surface area (Å²) in [6, 6.07) is 0. The van der Waals surface area contributed by atoms with Gasteiger partial charge in [-0.3, -0.25) is 0 Å². The Morgan fingerprint density at radius 3 is 2.07 bits per heavy atom. The molecule has 0 aliphatic rings. The van der Waals surface area contributed by atoms with E-state index in [4.69, 9.17) is 10.2 Å². The molecule has 0 aliphatic carbocycles. The predicted molar refractivity (Wildman–Crippen MR) is 59.2 cm³/mol. The predicted octanol–water partition coefficient (Wildman–Crippen LogP) is 0.955. The first-order chi connectivity index (χ1) is 6.43. The van der Waals surface area contributed by atoms with Gasteiger partial charge in [-0.05, 0) is 25.9 Å². The molecule has 14 heavy (non-hydrogen) atoms. The van der Waals surface area contributed by atoms with Gasteiger partial charge in [0.05, 0.1) is 13.2 Å². The summed E-state index contributed by atoms with van der Waals surface area (Å²) in [5.74, 6) is 0.701. The average molecular weight is 203 g/mol. The standard InChI is InChI=1S/C11H25NO2/c1-10(2)5-6-12(4)7-11(3,8-13)9-14/h10,13-14H,5-9H2,1-4H3. The van der Waals surface area contributed by atoms with Gasteiger partial charge < -0.3 is 15.1 Å². The highest BCUT2D eigenvalue weighted by molar-refractivity contribution is 4.75. The molecule has 0 saturated carbocycles. The van der Waals surface area contributed by atoms with Gasteiger partial charge in [-0.25, -0.2) is 0 Å². The van der Waals surface area contributed by atoms with Crippen molar-refractivity contribution in [2.24, 2.45) is 11.3 Å². The molecule has 0 radical (unpaired) electrons. The van der Waals surface area contributed by atoms with E-state index in [1.807, 2.05) is 14.0 Å². The lowest BCUT2D eigenvalue weighted by Crippen LogP contribution is -2.39. The highest BCUT2D eigenvalue weighted by atomic mass is 16.3. The van der Waals surface area contributed by atoms with Crippen molar-refractivity contribution in [3.63, 3.8) is 0 Å². The normalized spacial score (nSPS) is 12.9. The van der Waals surface area contributed by atoms with Crippen molar-refractivity contribution in [2.75, 3.05) is 33.4 Å². The van der Waals surface area contributed by atoms with Crippen molar-refractivity contribution < 1.29 is 10.2 Å². The summed E-state index contributed by atoms with van der Waals surface area (Å²) in [5, 5.41) is 18.2. The molecule has 0 aliphatic heterocycles. The van der Waals surface area contributed by atoms with E-state index in [9.17, 15) is 0 Å². The Bertz CT molecular complexity index is 144. The van der Waals surface area contributed by atoms with E-state index >= 15 is 0 Å². The van der Waals surface area contributed by atoms with Gasteiger partial charge in [0, 0.05) is 12.0 Å². The van der Waals surface area contributed by atoms with Crippen molar-refractivity contribution in [3.05, 3.63) is 0 Å². The van der Waals surface area contributed by atoms with Crippen LogP contribution in [0.25, 0.3) is 0 Å². The Kier molecular flexibility index (Phi) is 6.33. The summed E-state index contributed by atoms with van der Waals surface area (Å²) in [6.45, 7) is 8.14. The topological polar surface area (TPSA) is 43.7 Å². The van der Waals surface area contributed by atoms with Gasteiger partial charge in [0.2, 0.25) is 0 Å². The molecular formula is C11H25NO2. The van der Waals surface area contributed by atoms with Crippen LogP contribution in [0.15, 0.2) is 0 Å². The molecule has 0 bridgehead atoms. The highest BCUT2D eigenvalue weighted by Gasteiger charge is 2.24. The number of hydrogen-bond acceptors (Lipinski definition) is 3. The molecular weight excluding hydrogens is 178 g/mol. The molecule has 0 aromatic rings. The monoisotopic (exact) mass is 203 g/mol. The lowest BCUT2D eigenvalue weighted by molar-refractivity contribution is 0.0411. The summed E-state index contributed by atoms with van der Waals surface area (Å²) in [5.41, 5.74) is -0.369. The van der Waals surface area contributed by atoms with Gasteiger partial charge in [-0.1, -0.05) is 20.8 Å². The van der Waals surface area contributed by atoms with E-state index < -0.39 is 0 Å². The third-order valence-corrected chi connectivity index (χ3v) is 2.50. The second-order valence-corrected chi connectivity index (χ2v) is 5.05. The van der Waals surface area contributed by atoms with Crippen LogP contribution in [0.3, 0.4) is 0 Å². The van der Waals surface area contributed by atoms with Crippen LogP contribution in [-0.2, 0) is 0 Å². The van der Waals surface area contributed by atoms with Crippen molar-refractivity contribution in [1.29, 1.82) is 0 Å². The van der Waals surface area contributed by atoms with Gasteiger partial charge >= 0.3 is 0 Å². The Labute approximate surface area is 87.7 Å². The Morgan fingerprint density at radius 1 is 1.21 bits per heavy atom. The van der Waals surface area contributed by atoms with Crippen LogP contribution in [0.4, 0.5) is 0 Å². The fraction of sp³-hybridized carbons (Fsp3) is 1.00. The molecule has 0 amide bonds. The molecule has 0 fully saturated rings. The van der Waals surface area contributed by atoms with Crippen LogP contribution in [0, 0.1) is 11.3 Å².